The van der Waals surface area contributed by atoms with Crippen LogP contribution in [0.5, 0.6) is 0 Å². The van der Waals surface area contributed by atoms with Gasteiger partial charge in [-0.3, -0.25) is 0 Å². The SMILES string of the molecule is CC1CCC(C)C(C=O)CC(C=O)C1. The van der Waals surface area contributed by atoms with Gasteiger partial charge in [0.05, 0.1) is 0 Å². The minimum Gasteiger partial charge on any atom is -0.303 e. The van der Waals surface area contributed by atoms with E-state index < -0.39 is 0 Å². The van der Waals surface area contributed by atoms with E-state index in [1.807, 2.05) is 0 Å². The number of hydrogen-bond donors (Lipinski definition) is 0. The molecule has 0 aliphatic heterocycles. The number of carbonyl (C=O) groups excluding carboxylic acids is 2. The van der Waals surface area contributed by atoms with Gasteiger partial charge in [0, 0.05) is 11.8 Å². The summed E-state index contributed by atoms with van der Waals surface area (Å²) in [6.07, 6.45) is 6.06. The molecule has 4 unspecified atom stereocenters. The van der Waals surface area contributed by atoms with Gasteiger partial charge in [0.2, 0.25) is 0 Å². The molecule has 0 bridgehead atoms. The average molecular weight is 196 g/mol. The van der Waals surface area contributed by atoms with Crippen LogP contribution in [0.4, 0.5) is 0 Å². The Labute approximate surface area is 86.1 Å². The zero-order chi connectivity index (χ0) is 10.6. The van der Waals surface area contributed by atoms with Gasteiger partial charge in [-0.1, -0.05) is 20.3 Å². The third kappa shape index (κ3) is 2.93. The summed E-state index contributed by atoms with van der Waals surface area (Å²) in [5.41, 5.74) is 0. The van der Waals surface area contributed by atoms with E-state index in [1.54, 1.807) is 0 Å². The molecule has 80 valence electrons. The molecule has 0 amide bonds. The van der Waals surface area contributed by atoms with Crippen LogP contribution in [0.2, 0.25) is 0 Å². The fraction of sp³-hybridized carbons (Fsp3) is 0.833. The zero-order valence-corrected chi connectivity index (χ0v) is 9.11. The first-order chi connectivity index (χ1) is 6.67. The van der Waals surface area contributed by atoms with Crippen LogP contribution in [0.25, 0.3) is 0 Å². The summed E-state index contributed by atoms with van der Waals surface area (Å²) in [5, 5.41) is 0. The van der Waals surface area contributed by atoms with Crippen LogP contribution >= 0.6 is 0 Å². The molecule has 0 aromatic rings. The lowest BCUT2D eigenvalue weighted by Crippen LogP contribution is -2.23. The summed E-state index contributed by atoms with van der Waals surface area (Å²) < 4.78 is 0. The smallest absolute Gasteiger partial charge is 0.123 e. The molecule has 14 heavy (non-hydrogen) atoms. The van der Waals surface area contributed by atoms with E-state index in [1.165, 1.54) is 0 Å². The van der Waals surface area contributed by atoms with Crippen molar-refractivity contribution in [2.75, 3.05) is 0 Å². The molecule has 4 atom stereocenters. The fourth-order valence-electron chi connectivity index (χ4n) is 2.38. The Morgan fingerprint density at radius 1 is 1.00 bits per heavy atom. The predicted molar refractivity (Wildman–Crippen MR) is 55.9 cm³/mol. The summed E-state index contributed by atoms with van der Waals surface area (Å²) in [5.74, 6) is 1.26. The molecule has 1 aliphatic rings. The fourth-order valence-corrected chi connectivity index (χ4v) is 2.38. The summed E-state index contributed by atoms with van der Waals surface area (Å²) in [6, 6.07) is 0. The molecular weight excluding hydrogens is 176 g/mol. The molecule has 0 aromatic heterocycles. The van der Waals surface area contributed by atoms with Crippen molar-refractivity contribution in [3.8, 4) is 0 Å². The Bertz CT molecular complexity index is 200. The second kappa shape index (κ2) is 5.28. The highest BCUT2D eigenvalue weighted by atomic mass is 16.1. The van der Waals surface area contributed by atoms with Crippen molar-refractivity contribution in [2.24, 2.45) is 23.7 Å². The highest BCUT2D eigenvalue weighted by molar-refractivity contribution is 5.58. The molecule has 1 rings (SSSR count). The minimum atomic E-state index is 0.0951. The van der Waals surface area contributed by atoms with Gasteiger partial charge in [-0.05, 0) is 31.1 Å². The van der Waals surface area contributed by atoms with E-state index in [-0.39, 0.29) is 11.8 Å². The van der Waals surface area contributed by atoms with Gasteiger partial charge in [-0.25, -0.2) is 0 Å². The van der Waals surface area contributed by atoms with E-state index in [0.717, 1.165) is 38.3 Å². The molecule has 0 N–H and O–H groups in total. The van der Waals surface area contributed by atoms with Gasteiger partial charge < -0.3 is 9.59 Å². The standard InChI is InChI=1S/C12H20O2/c1-9-3-4-10(2)12(8-14)6-11(5-9)7-13/h7-12H,3-6H2,1-2H3. The Kier molecular flexibility index (Phi) is 4.30. The average Bonchev–Trinajstić information content (AvgIpc) is 2.18. The normalized spacial score (nSPS) is 39.6. The molecule has 2 heteroatoms. The minimum absolute atomic E-state index is 0.0951. The van der Waals surface area contributed by atoms with E-state index in [9.17, 15) is 9.59 Å². The molecule has 2 nitrogen and oxygen atoms in total. The first kappa shape index (κ1) is 11.4. The van der Waals surface area contributed by atoms with Gasteiger partial charge in [0.25, 0.3) is 0 Å². The molecule has 0 aromatic carbocycles. The van der Waals surface area contributed by atoms with E-state index in [4.69, 9.17) is 0 Å². The van der Waals surface area contributed by atoms with Crippen LogP contribution in [0.3, 0.4) is 0 Å². The van der Waals surface area contributed by atoms with Gasteiger partial charge >= 0.3 is 0 Å². The van der Waals surface area contributed by atoms with Gasteiger partial charge in [-0.15, -0.1) is 0 Å². The van der Waals surface area contributed by atoms with Gasteiger partial charge in [-0.2, -0.15) is 0 Å². The largest absolute Gasteiger partial charge is 0.303 e. The Morgan fingerprint density at radius 2 is 1.71 bits per heavy atom. The van der Waals surface area contributed by atoms with Crippen LogP contribution in [-0.4, -0.2) is 12.6 Å². The monoisotopic (exact) mass is 196 g/mol. The van der Waals surface area contributed by atoms with Crippen molar-refractivity contribution in [1.29, 1.82) is 0 Å². The molecule has 1 saturated carbocycles. The Balaban J connectivity index is 2.64. The second-order valence-corrected chi connectivity index (χ2v) is 4.83. The summed E-state index contributed by atoms with van der Waals surface area (Å²) in [7, 11) is 0. The molecule has 0 radical (unpaired) electrons. The van der Waals surface area contributed by atoms with Gasteiger partial charge in [0.15, 0.2) is 0 Å². The van der Waals surface area contributed by atoms with Crippen LogP contribution in [0.15, 0.2) is 0 Å². The predicted octanol–water partition coefficient (Wildman–Crippen LogP) is 2.46. The van der Waals surface area contributed by atoms with Crippen molar-refractivity contribution < 1.29 is 9.59 Å². The first-order valence-corrected chi connectivity index (χ1v) is 5.58. The summed E-state index contributed by atoms with van der Waals surface area (Å²) in [6.45, 7) is 4.32. The van der Waals surface area contributed by atoms with E-state index in [2.05, 4.69) is 13.8 Å². The third-order valence-corrected chi connectivity index (χ3v) is 3.49. The molecule has 0 spiro atoms. The first-order valence-electron chi connectivity index (χ1n) is 5.58. The van der Waals surface area contributed by atoms with E-state index >= 15 is 0 Å². The third-order valence-electron chi connectivity index (χ3n) is 3.49. The van der Waals surface area contributed by atoms with E-state index in [0.29, 0.717) is 11.8 Å². The van der Waals surface area contributed by atoms with Crippen LogP contribution in [-0.2, 0) is 9.59 Å². The maximum absolute atomic E-state index is 10.9. The molecule has 0 heterocycles. The Hall–Kier alpha value is -0.660. The molecule has 1 fully saturated rings. The second-order valence-electron chi connectivity index (χ2n) is 4.83. The molecule has 0 saturated heterocycles. The number of carbonyl (C=O) groups is 2. The van der Waals surface area contributed by atoms with Crippen LogP contribution < -0.4 is 0 Å². The van der Waals surface area contributed by atoms with Crippen molar-refractivity contribution in [2.45, 2.75) is 39.5 Å². The zero-order valence-electron chi connectivity index (χ0n) is 9.11. The van der Waals surface area contributed by atoms with Gasteiger partial charge in [0.1, 0.15) is 12.6 Å². The highest BCUT2D eigenvalue weighted by Crippen LogP contribution is 2.31. The molecular formula is C12H20O2. The van der Waals surface area contributed by atoms with Crippen molar-refractivity contribution in [3.05, 3.63) is 0 Å². The number of rotatable bonds is 2. The highest BCUT2D eigenvalue weighted by Gasteiger charge is 2.25. The lowest BCUT2D eigenvalue weighted by Gasteiger charge is -2.27. The van der Waals surface area contributed by atoms with Crippen molar-refractivity contribution in [1.82, 2.24) is 0 Å². The lowest BCUT2D eigenvalue weighted by molar-refractivity contribution is -0.115. The lowest BCUT2D eigenvalue weighted by atomic mass is 9.76. The van der Waals surface area contributed by atoms with Crippen LogP contribution in [0.1, 0.15) is 39.5 Å². The van der Waals surface area contributed by atoms with Crippen molar-refractivity contribution in [3.63, 3.8) is 0 Å². The molecule has 1 aliphatic carbocycles. The maximum atomic E-state index is 10.9. The van der Waals surface area contributed by atoms with Crippen molar-refractivity contribution >= 4 is 12.6 Å². The number of hydrogen-bond acceptors (Lipinski definition) is 2. The quantitative estimate of drug-likeness (QED) is 0.636. The summed E-state index contributed by atoms with van der Waals surface area (Å²) in [4.78, 5) is 21.7. The topological polar surface area (TPSA) is 34.1 Å². The van der Waals surface area contributed by atoms with Crippen LogP contribution in [0, 0.1) is 23.7 Å². The maximum Gasteiger partial charge on any atom is 0.123 e. The summed E-state index contributed by atoms with van der Waals surface area (Å²) >= 11 is 0. The Morgan fingerprint density at radius 3 is 2.29 bits per heavy atom. The number of aldehydes is 2.